The quantitative estimate of drug-likeness (QED) is 0.122. The van der Waals surface area contributed by atoms with Gasteiger partial charge in [0, 0.05) is 55.8 Å². The Bertz CT molecular complexity index is 5970. The Morgan fingerprint density at radius 1 is 0.182 bits per heavy atom. The minimum atomic E-state index is 0.780. The zero-order chi connectivity index (χ0) is 65.3. The topological polar surface area (TPSA) is 40.6 Å². The van der Waals surface area contributed by atoms with Gasteiger partial charge in [0.15, 0.2) is 5.82 Å². The maximum absolute atomic E-state index is 6.51. The van der Waals surface area contributed by atoms with E-state index in [0.29, 0.717) is 0 Å². The molecule has 5 heteroatoms. The molecule has 0 saturated heterocycles. The van der Waals surface area contributed by atoms with Crippen LogP contribution in [0.4, 0.5) is 0 Å². The fourth-order valence-corrected chi connectivity index (χ4v) is 15.2. The maximum Gasteiger partial charge on any atom is 0.163 e. The van der Waals surface area contributed by atoms with Crippen molar-refractivity contribution in [3.63, 3.8) is 0 Å². The first-order valence-corrected chi connectivity index (χ1v) is 33.8. The van der Waals surface area contributed by atoms with Gasteiger partial charge in [0.05, 0.1) is 50.2 Å². The van der Waals surface area contributed by atoms with Crippen molar-refractivity contribution < 1.29 is 0 Å². The maximum atomic E-state index is 6.51. The average Bonchev–Trinajstić information content (AvgIpc) is 1.59. The van der Waals surface area contributed by atoms with Gasteiger partial charge in [-0.05, 0) is 168 Å². The first-order valence-electron chi connectivity index (χ1n) is 33.8. The highest BCUT2D eigenvalue weighted by atomic mass is 15.1. The molecule has 0 unspecified atom stereocenters. The zero-order valence-electron chi connectivity index (χ0n) is 54.0. The van der Waals surface area contributed by atoms with Gasteiger partial charge < -0.3 is 9.13 Å². The Hall–Kier alpha value is -13.2. The Kier molecular flexibility index (Phi) is 13.8. The van der Waals surface area contributed by atoms with Crippen LogP contribution in [0.25, 0.3) is 183 Å². The van der Waals surface area contributed by atoms with Crippen LogP contribution in [0, 0.1) is 0 Å². The SMILES string of the molecule is c1ccc(-c2ccc3c(c2)c2cc(-c4ccccc4)ccc2n3-c2nc(-c3ccccc3)c(-n3c4ccc(-c5ccccc5)cc4c4cc(-c5ccccc5)ccc43)c(-c3ccc(-c4ccncc4)cc3)c2-n2c3ccc(-c4ccccc4)cc3c3cc(-c4ccccc4)ccc32)cc1. The molecule has 5 heterocycles. The first kappa shape index (κ1) is 57.2. The van der Waals surface area contributed by atoms with Crippen LogP contribution in [0.1, 0.15) is 0 Å². The molecule has 0 fully saturated rings. The van der Waals surface area contributed by atoms with Crippen molar-refractivity contribution in [2.24, 2.45) is 0 Å². The molecule has 0 bridgehead atoms. The molecule has 5 aromatic heterocycles. The molecule has 0 saturated carbocycles. The highest BCUT2D eigenvalue weighted by molar-refractivity contribution is 6.17. The Labute approximate surface area is 573 Å². The second-order valence-electron chi connectivity index (χ2n) is 25.6. The second-order valence-corrected chi connectivity index (χ2v) is 25.6. The molecule has 462 valence electrons. The summed E-state index contributed by atoms with van der Waals surface area (Å²) >= 11 is 0. The molecule has 14 aromatic carbocycles. The molecule has 19 rings (SSSR count). The number of pyridine rings is 2. The molecule has 0 spiro atoms. The Morgan fingerprint density at radius 2 is 0.414 bits per heavy atom. The monoisotopic (exact) mass is 1260 g/mol. The number of fused-ring (bicyclic) bond motifs is 9. The highest BCUT2D eigenvalue weighted by Gasteiger charge is 2.32. The summed E-state index contributed by atoms with van der Waals surface area (Å²) in [6, 6.07) is 131. The number of hydrogen-bond acceptors (Lipinski definition) is 2. The number of nitrogens with zero attached hydrogens (tertiary/aromatic N) is 5. The van der Waals surface area contributed by atoms with E-state index in [1.165, 1.54) is 0 Å². The van der Waals surface area contributed by atoms with Crippen LogP contribution in [0.3, 0.4) is 0 Å². The summed E-state index contributed by atoms with van der Waals surface area (Å²) in [5.41, 5.74) is 27.9. The van der Waals surface area contributed by atoms with Crippen LogP contribution in [0.2, 0.25) is 0 Å². The van der Waals surface area contributed by atoms with Crippen LogP contribution in [0.15, 0.2) is 370 Å². The molecular formula is C94H61N5. The minimum absolute atomic E-state index is 0.780. The van der Waals surface area contributed by atoms with E-state index in [1.807, 2.05) is 12.4 Å². The second kappa shape index (κ2) is 23.9. The van der Waals surface area contributed by atoms with Gasteiger partial charge in [-0.1, -0.05) is 273 Å². The van der Waals surface area contributed by atoms with Gasteiger partial charge in [-0.15, -0.1) is 0 Å². The van der Waals surface area contributed by atoms with Gasteiger partial charge in [-0.2, -0.15) is 0 Å². The third kappa shape index (κ3) is 9.86. The van der Waals surface area contributed by atoms with Crippen LogP contribution >= 0.6 is 0 Å². The number of hydrogen-bond donors (Lipinski definition) is 0. The summed E-state index contributed by atoms with van der Waals surface area (Å²) in [5, 5.41) is 6.78. The van der Waals surface area contributed by atoms with E-state index in [9.17, 15) is 0 Å². The normalized spacial score (nSPS) is 11.6. The van der Waals surface area contributed by atoms with Crippen LogP contribution in [0.5, 0.6) is 0 Å². The molecule has 0 N–H and O–H groups in total. The van der Waals surface area contributed by atoms with E-state index < -0.39 is 0 Å². The summed E-state index contributed by atoms with van der Waals surface area (Å²) < 4.78 is 7.58. The van der Waals surface area contributed by atoms with E-state index in [2.05, 4.69) is 377 Å². The van der Waals surface area contributed by atoms with Gasteiger partial charge in [-0.3, -0.25) is 9.55 Å². The smallest absolute Gasteiger partial charge is 0.163 e. The van der Waals surface area contributed by atoms with E-state index in [0.717, 1.165) is 183 Å². The summed E-state index contributed by atoms with van der Waals surface area (Å²) in [4.78, 5) is 11.0. The Balaban J connectivity index is 1.03. The van der Waals surface area contributed by atoms with Gasteiger partial charge in [0.2, 0.25) is 0 Å². The fraction of sp³-hybridized carbons (Fsp3) is 0. The number of aromatic nitrogens is 5. The predicted octanol–water partition coefficient (Wildman–Crippen LogP) is 24.8. The lowest BCUT2D eigenvalue weighted by Crippen LogP contribution is -2.13. The van der Waals surface area contributed by atoms with Gasteiger partial charge >= 0.3 is 0 Å². The molecule has 19 aromatic rings. The Morgan fingerprint density at radius 3 is 0.717 bits per heavy atom. The van der Waals surface area contributed by atoms with E-state index in [-0.39, 0.29) is 0 Å². The number of rotatable bonds is 12. The summed E-state index contributed by atoms with van der Waals surface area (Å²) in [6.45, 7) is 0. The minimum Gasteiger partial charge on any atom is -0.306 e. The van der Waals surface area contributed by atoms with Gasteiger partial charge in [-0.25, -0.2) is 4.98 Å². The molecule has 0 aliphatic rings. The zero-order valence-corrected chi connectivity index (χ0v) is 54.0. The van der Waals surface area contributed by atoms with Crippen molar-refractivity contribution in [3.8, 4) is 117 Å². The fourth-order valence-electron chi connectivity index (χ4n) is 15.2. The van der Waals surface area contributed by atoms with Crippen molar-refractivity contribution in [1.29, 1.82) is 0 Å². The lowest BCUT2D eigenvalue weighted by molar-refractivity contribution is 1.01. The van der Waals surface area contributed by atoms with E-state index in [4.69, 9.17) is 4.98 Å². The van der Waals surface area contributed by atoms with Crippen molar-refractivity contribution >= 4 is 65.4 Å². The van der Waals surface area contributed by atoms with E-state index in [1.54, 1.807) is 0 Å². The molecule has 0 aliphatic heterocycles. The molecule has 0 radical (unpaired) electrons. The largest absolute Gasteiger partial charge is 0.306 e. The molecule has 0 atom stereocenters. The third-order valence-corrected chi connectivity index (χ3v) is 20.0. The summed E-state index contributed by atoms with van der Waals surface area (Å²) in [6.07, 6.45) is 3.75. The lowest BCUT2D eigenvalue weighted by Gasteiger charge is -2.26. The lowest BCUT2D eigenvalue weighted by atomic mass is 9.95. The van der Waals surface area contributed by atoms with Crippen molar-refractivity contribution in [1.82, 2.24) is 23.7 Å². The van der Waals surface area contributed by atoms with Gasteiger partial charge in [0.25, 0.3) is 0 Å². The summed E-state index contributed by atoms with van der Waals surface area (Å²) in [7, 11) is 0. The highest BCUT2D eigenvalue weighted by Crippen LogP contribution is 2.51. The molecule has 99 heavy (non-hydrogen) atoms. The average molecular weight is 1260 g/mol. The number of benzene rings is 14. The first-order chi connectivity index (χ1) is 49.1. The van der Waals surface area contributed by atoms with Crippen LogP contribution < -0.4 is 0 Å². The standard InChI is InChI=1S/C94H61N5/c1-8-22-62(23-9-1)72-40-46-84-78(56-72)79-57-73(63-24-10-2-11-25-63)41-47-85(79)97(84)92-90(70-38-36-68(37-39-70)69-52-54-95-55-53-69)93(98-86-48-42-74(64-26-12-3-13-27-64)58-80(86)81-59-75(43-49-87(81)98)65-28-14-4-15-29-65)94(96-91(92)71-34-20-7-21-35-71)99-88-50-44-76(66-30-16-5-17-31-66)60-82(88)83-61-77(45-51-89(83)99)67-32-18-6-19-33-67/h1-61H. The third-order valence-electron chi connectivity index (χ3n) is 20.0. The van der Waals surface area contributed by atoms with E-state index >= 15 is 0 Å². The van der Waals surface area contributed by atoms with Crippen molar-refractivity contribution in [2.45, 2.75) is 0 Å². The summed E-state index contributed by atoms with van der Waals surface area (Å²) in [5.74, 6) is 0.780. The van der Waals surface area contributed by atoms with Gasteiger partial charge in [0.1, 0.15) is 0 Å². The molecule has 5 nitrogen and oxygen atoms in total. The van der Waals surface area contributed by atoms with Crippen molar-refractivity contribution in [3.05, 3.63) is 370 Å². The molecular weight excluding hydrogens is 1200 g/mol. The van der Waals surface area contributed by atoms with Crippen LogP contribution in [-0.4, -0.2) is 23.7 Å². The molecule has 0 aliphatic carbocycles. The van der Waals surface area contributed by atoms with Crippen LogP contribution in [-0.2, 0) is 0 Å². The van der Waals surface area contributed by atoms with Crippen molar-refractivity contribution in [2.75, 3.05) is 0 Å². The predicted molar refractivity (Wildman–Crippen MR) is 414 cm³/mol. The molecule has 0 amide bonds.